The van der Waals surface area contributed by atoms with Crippen molar-refractivity contribution in [3.05, 3.63) is 22.5 Å². The van der Waals surface area contributed by atoms with Crippen LogP contribution in [0.3, 0.4) is 0 Å². The summed E-state index contributed by atoms with van der Waals surface area (Å²) in [6.45, 7) is 6.92. The third-order valence-electron chi connectivity index (χ3n) is 4.49. The Morgan fingerprint density at radius 2 is 1.83 bits per heavy atom. The predicted octanol–water partition coefficient (Wildman–Crippen LogP) is 1.78. The van der Waals surface area contributed by atoms with E-state index in [0.29, 0.717) is 36.3 Å². The summed E-state index contributed by atoms with van der Waals surface area (Å²) in [5.41, 5.74) is 2.66. The van der Waals surface area contributed by atoms with E-state index in [4.69, 9.17) is 0 Å². The van der Waals surface area contributed by atoms with E-state index in [1.807, 2.05) is 13.8 Å². The number of nitrogens with zero attached hydrogens (tertiary/aromatic N) is 2. The van der Waals surface area contributed by atoms with E-state index in [-0.39, 0.29) is 24.1 Å². The number of ketones is 1. The number of nitrogens with one attached hydrogen (secondary N) is 1. The molecule has 1 N–H and O–H groups in total. The van der Waals surface area contributed by atoms with Gasteiger partial charge in [-0.15, -0.1) is 0 Å². The van der Waals surface area contributed by atoms with Crippen molar-refractivity contribution >= 4 is 17.6 Å². The third kappa shape index (κ3) is 3.30. The van der Waals surface area contributed by atoms with Gasteiger partial charge in [-0.3, -0.25) is 14.4 Å². The Morgan fingerprint density at radius 1 is 1.17 bits per heavy atom. The Kier molecular flexibility index (Phi) is 5.23. The topological polar surface area (TPSA) is 73.5 Å². The number of aromatic amines is 1. The Hall–Kier alpha value is -2.11. The third-order valence-corrected chi connectivity index (χ3v) is 4.49. The minimum Gasteiger partial charge on any atom is -0.354 e. The molecule has 1 aliphatic carbocycles. The van der Waals surface area contributed by atoms with E-state index >= 15 is 0 Å². The maximum Gasteiger partial charge on any atom is 0.270 e. The predicted molar refractivity (Wildman–Crippen MR) is 87.7 cm³/mol. The summed E-state index contributed by atoms with van der Waals surface area (Å²) in [4.78, 5) is 43.1. The molecule has 126 valence electrons. The first-order valence-electron chi connectivity index (χ1n) is 8.18. The summed E-state index contributed by atoms with van der Waals surface area (Å²) >= 11 is 0. The molecule has 1 aliphatic rings. The van der Waals surface area contributed by atoms with E-state index in [1.165, 1.54) is 4.90 Å². The van der Waals surface area contributed by atoms with E-state index in [1.54, 1.807) is 18.9 Å². The molecule has 0 radical (unpaired) electrons. The van der Waals surface area contributed by atoms with Gasteiger partial charge in [0.1, 0.15) is 5.69 Å². The lowest BCUT2D eigenvalue weighted by atomic mass is 9.94. The smallest absolute Gasteiger partial charge is 0.270 e. The van der Waals surface area contributed by atoms with Gasteiger partial charge >= 0.3 is 0 Å². The van der Waals surface area contributed by atoms with Crippen molar-refractivity contribution in [1.29, 1.82) is 0 Å². The SMILES string of the molecule is CCN(CC)C(=O)CN(C)C(=O)c1[nH]c2c(c1C)C(=O)CCC2. The summed E-state index contributed by atoms with van der Waals surface area (Å²) in [6, 6.07) is 0. The normalized spacial score (nSPS) is 13.7. The van der Waals surface area contributed by atoms with Gasteiger partial charge in [-0.05, 0) is 39.2 Å². The van der Waals surface area contributed by atoms with Gasteiger partial charge in [0.25, 0.3) is 5.91 Å². The standard InChI is InChI=1S/C17H25N3O3/c1-5-20(6-2)14(22)10-19(4)17(23)16-11(3)15-12(18-16)8-7-9-13(15)21/h18H,5-10H2,1-4H3. The fraction of sp³-hybridized carbons (Fsp3) is 0.588. The Bertz CT molecular complexity index is 629. The zero-order valence-corrected chi connectivity index (χ0v) is 14.4. The molecule has 1 aromatic heterocycles. The van der Waals surface area contributed by atoms with Gasteiger partial charge in [0, 0.05) is 37.8 Å². The Morgan fingerprint density at radius 3 is 2.39 bits per heavy atom. The second kappa shape index (κ2) is 6.98. The second-order valence-electron chi connectivity index (χ2n) is 5.98. The van der Waals surface area contributed by atoms with Crippen molar-refractivity contribution < 1.29 is 14.4 Å². The van der Waals surface area contributed by atoms with E-state index in [9.17, 15) is 14.4 Å². The maximum atomic E-state index is 12.6. The number of carbonyl (C=O) groups is 3. The van der Waals surface area contributed by atoms with Crippen molar-refractivity contribution in [2.45, 2.75) is 40.0 Å². The molecule has 0 atom stereocenters. The van der Waals surface area contributed by atoms with E-state index < -0.39 is 0 Å². The number of fused-ring (bicyclic) bond motifs is 1. The van der Waals surface area contributed by atoms with Crippen LogP contribution in [0.5, 0.6) is 0 Å². The number of carbonyl (C=O) groups excluding carboxylic acids is 3. The number of likely N-dealkylation sites (N-methyl/N-ethyl adjacent to an activating group) is 2. The lowest BCUT2D eigenvalue weighted by Crippen LogP contribution is -2.41. The fourth-order valence-electron chi connectivity index (χ4n) is 3.13. The minimum atomic E-state index is -0.245. The molecule has 0 saturated heterocycles. The Labute approximate surface area is 136 Å². The molecule has 23 heavy (non-hydrogen) atoms. The highest BCUT2D eigenvalue weighted by Crippen LogP contribution is 2.27. The van der Waals surface area contributed by atoms with Crippen LogP contribution in [0, 0.1) is 6.92 Å². The number of aromatic nitrogens is 1. The quantitative estimate of drug-likeness (QED) is 0.899. The average molecular weight is 319 g/mol. The van der Waals surface area contributed by atoms with E-state index in [2.05, 4.69) is 4.98 Å². The van der Waals surface area contributed by atoms with Gasteiger partial charge in [-0.2, -0.15) is 0 Å². The molecular formula is C17H25N3O3. The zero-order chi connectivity index (χ0) is 17.1. The molecule has 1 aromatic rings. The van der Waals surface area contributed by atoms with Crippen molar-refractivity contribution in [2.24, 2.45) is 0 Å². The zero-order valence-electron chi connectivity index (χ0n) is 14.4. The van der Waals surface area contributed by atoms with Crippen molar-refractivity contribution in [1.82, 2.24) is 14.8 Å². The highest BCUT2D eigenvalue weighted by molar-refractivity contribution is 6.04. The number of hydrogen-bond donors (Lipinski definition) is 1. The van der Waals surface area contributed by atoms with Crippen molar-refractivity contribution in [2.75, 3.05) is 26.7 Å². The molecule has 6 heteroatoms. The van der Waals surface area contributed by atoms with Crippen molar-refractivity contribution in [3.63, 3.8) is 0 Å². The fourth-order valence-corrected chi connectivity index (χ4v) is 3.13. The number of amides is 2. The molecule has 2 rings (SSSR count). The summed E-state index contributed by atoms with van der Waals surface area (Å²) in [7, 11) is 1.62. The first-order chi connectivity index (χ1) is 10.9. The minimum absolute atomic E-state index is 0.0393. The van der Waals surface area contributed by atoms with Gasteiger partial charge in [0.05, 0.1) is 6.54 Å². The summed E-state index contributed by atoms with van der Waals surface area (Å²) < 4.78 is 0. The number of aryl methyl sites for hydroxylation is 1. The number of Topliss-reactive ketones (excluding diaryl/α,β-unsaturated/α-hetero) is 1. The molecule has 6 nitrogen and oxygen atoms in total. The van der Waals surface area contributed by atoms with Crippen LogP contribution in [0.2, 0.25) is 0 Å². The molecule has 0 saturated carbocycles. The van der Waals surface area contributed by atoms with Crippen LogP contribution in [-0.4, -0.2) is 59.1 Å². The van der Waals surface area contributed by atoms with Crippen LogP contribution in [0.25, 0.3) is 0 Å². The molecule has 1 heterocycles. The second-order valence-corrected chi connectivity index (χ2v) is 5.98. The number of hydrogen-bond acceptors (Lipinski definition) is 3. The average Bonchev–Trinajstić information content (AvgIpc) is 2.86. The number of rotatable bonds is 5. The van der Waals surface area contributed by atoms with E-state index in [0.717, 1.165) is 18.5 Å². The molecule has 0 bridgehead atoms. The highest BCUT2D eigenvalue weighted by Gasteiger charge is 2.28. The Balaban J connectivity index is 2.17. The van der Waals surface area contributed by atoms with Gasteiger partial charge < -0.3 is 14.8 Å². The maximum absolute atomic E-state index is 12.6. The highest BCUT2D eigenvalue weighted by atomic mass is 16.2. The molecule has 0 aliphatic heterocycles. The van der Waals surface area contributed by atoms with Crippen molar-refractivity contribution in [3.8, 4) is 0 Å². The lowest BCUT2D eigenvalue weighted by Gasteiger charge is -2.23. The number of H-pyrrole nitrogens is 1. The summed E-state index contributed by atoms with van der Waals surface area (Å²) in [5.74, 6) is -0.220. The first kappa shape index (κ1) is 17.2. The van der Waals surface area contributed by atoms with Crippen LogP contribution in [0.1, 0.15) is 58.8 Å². The van der Waals surface area contributed by atoms with Crippen LogP contribution in [0.15, 0.2) is 0 Å². The van der Waals surface area contributed by atoms with Crippen LogP contribution < -0.4 is 0 Å². The molecule has 0 aromatic carbocycles. The molecular weight excluding hydrogens is 294 g/mol. The molecule has 0 unspecified atom stereocenters. The first-order valence-corrected chi connectivity index (χ1v) is 8.18. The summed E-state index contributed by atoms with van der Waals surface area (Å²) in [5, 5.41) is 0. The largest absolute Gasteiger partial charge is 0.354 e. The van der Waals surface area contributed by atoms with Crippen LogP contribution >= 0.6 is 0 Å². The molecule has 2 amide bonds. The van der Waals surface area contributed by atoms with Gasteiger partial charge in [0.2, 0.25) is 5.91 Å². The lowest BCUT2D eigenvalue weighted by molar-refractivity contribution is -0.131. The van der Waals surface area contributed by atoms with Gasteiger partial charge in [-0.25, -0.2) is 0 Å². The molecule has 0 fully saturated rings. The summed E-state index contributed by atoms with van der Waals surface area (Å²) in [6.07, 6.45) is 2.14. The monoisotopic (exact) mass is 319 g/mol. The molecule has 0 spiro atoms. The van der Waals surface area contributed by atoms with Crippen LogP contribution in [-0.2, 0) is 11.2 Å². The van der Waals surface area contributed by atoms with Gasteiger partial charge in [-0.1, -0.05) is 0 Å². The van der Waals surface area contributed by atoms with Crippen LogP contribution in [0.4, 0.5) is 0 Å². The van der Waals surface area contributed by atoms with Gasteiger partial charge in [0.15, 0.2) is 5.78 Å².